The first-order valence-electron chi connectivity index (χ1n) is 12.4. The summed E-state index contributed by atoms with van der Waals surface area (Å²) < 4.78 is 5.68. The number of hydrogen-bond acceptors (Lipinski definition) is 4. The van der Waals surface area contributed by atoms with Gasteiger partial charge in [-0.25, -0.2) is 0 Å². The van der Waals surface area contributed by atoms with Crippen molar-refractivity contribution < 1.29 is 14.3 Å². The number of likely N-dealkylation sites (N-methyl/N-ethyl adjacent to an activating group) is 1. The molecule has 0 aliphatic rings. The predicted molar refractivity (Wildman–Crippen MR) is 137 cm³/mol. The highest BCUT2D eigenvalue weighted by molar-refractivity contribution is 5.78. The van der Waals surface area contributed by atoms with Crippen LogP contribution < -0.4 is 0 Å². The molecule has 0 aromatic carbocycles. The van der Waals surface area contributed by atoms with Gasteiger partial charge < -0.3 is 9.64 Å². The number of carbonyl (C=O) groups excluding carboxylic acids is 2. The standard InChI is InChI=1S/C28H47NO3/c1-5-7-9-11-13-15-17-19-21-26(30)23-24-27(25-29(3)4)32-28(31)22-20-18-16-14-12-10-8-6-2/h7-10,13-16,27H,5-6,11-12,17-25H2,1-4H3/b9-7-,10-8-,15-13-,16-14-. The summed E-state index contributed by atoms with van der Waals surface area (Å²) in [5.74, 6) is 0.0946. The molecule has 0 rings (SSSR count). The fraction of sp³-hybridized carbons (Fsp3) is 0.643. The van der Waals surface area contributed by atoms with Crippen LogP contribution in [0.1, 0.15) is 90.9 Å². The molecule has 4 nitrogen and oxygen atoms in total. The van der Waals surface area contributed by atoms with Crippen LogP contribution >= 0.6 is 0 Å². The van der Waals surface area contributed by atoms with E-state index in [1.165, 1.54) is 0 Å². The van der Waals surface area contributed by atoms with E-state index in [9.17, 15) is 9.59 Å². The molecule has 0 saturated carbocycles. The SMILES string of the molecule is CC/C=C\C/C=C\CCCC(=O)CCC(CN(C)C)OC(=O)CCC/C=C\C/C=C\CC. The highest BCUT2D eigenvalue weighted by atomic mass is 16.5. The molecular weight excluding hydrogens is 398 g/mol. The molecule has 182 valence electrons. The molecule has 0 radical (unpaired) electrons. The number of esters is 1. The zero-order valence-corrected chi connectivity index (χ0v) is 21.1. The third kappa shape index (κ3) is 21.3. The maximum atomic E-state index is 12.2. The van der Waals surface area contributed by atoms with Crippen LogP contribution in [0.3, 0.4) is 0 Å². The van der Waals surface area contributed by atoms with Crippen LogP contribution in [0.25, 0.3) is 0 Å². The summed E-state index contributed by atoms with van der Waals surface area (Å²) >= 11 is 0. The van der Waals surface area contributed by atoms with Gasteiger partial charge in [0.05, 0.1) is 0 Å². The molecule has 0 heterocycles. The minimum atomic E-state index is -0.221. The number of rotatable bonds is 20. The van der Waals surface area contributed by atoms with Crippen molar-refractivity contribution >= 4 is 11.8 Å². The normalized spacial score (nSPS) is 13.3. The largest absolute Gasteiger partial charge is 0.461 e. The van der Waals surface area contributed by atoms with Crippen molar-refractivity contribution in [2.45, 2.75) is 97.0 Å². The first-order chi connectivity index (χ1) is 15.5. The quantitative estimate of drug-likeness (QED) is 0.115. The number of allylic oxidation sites excluding steroid dienone is 8. The second-order valence-corrected chi connectivity index (χ2v) is 8.41. The van der Waals surface area contributed by atoms with E-state index in [-0.39, 0.29) is 17.9 Å². The zero-order chi connectivity index (χ0) is 23.9. The molecule has 1 unspecified atom stereocenters. The lowest BCUT2D eigenvalue weighted by Gasteiger charge is -2.21. The fourth-order valence-corrected chi connectivity index (χ4v) is 3.18. The molecular formula is C28H47NO3. The Balaban J connectivity index is 4.11. The van der Waals surface area contributed by atoms with Gasteiger partial charge in [0.25, 0.3) is 0 Å². The molecule has 4 heteroatoms. The summed E-state index contributed by atoms with van der Waals surface area (Å²) in [6.45, 7) is 4.90. The Morgan fingerprint density at radius 1 is 0.750 bits per heavy atom. The number of Topliss-reactive ketones (excluding diaryl/α,β-unsaturated/α-hetero) is 1. The van der Waals surface area contributed by atoms with E-state index in [2.05, 4.69) is 62.5 Å². The van der Waals surface area contributed by atoms with Gasteiger partial charge in [-0.05, 0) is 71.9 Å². The van der Waals surface area contributed by atoms with Crippen LogP contribution in [0.4, 0.5) is 0 Å². The Bertz CT molecular complexity index is 587. The van der Waals surface area contributed by atoms with Crippen LogP contribution in [0, 0.1) is 0 Å². The van der Waals surface area contributed by atoms with E-state index >= 15 is 0 Å². The van der Waals surface area contributed by atoms with Gasteiger partial charge in [0.1, 0.15) is 11.9 Å². The molecule has 0 aliphatic carbocycles. The number of hydrogen-bond donors (Lipinski definition) is 0. The summed E-state index contributed by atoms with van der Waals surface area (Å²) in [7, 11) is 3.92. The summed E-state index contributed by atoms with van der Waals surface area (Å²) in [5.41, 5.74) is 0. The second-order valence-electron chi connectivity index (χ2n) is 8.41. The average molecular weight is 446 g/mol. The third-order valence-electron chi connectivity index (χ3n) is 4.87. The minimum Gasteiger partial charge on any atom is -0.461 e. The average Bonchev–Trinajstić information content (AvgIpc) is 2.75. The lowest BCUT2D eigenvalue weighted by Crippen LogP contribution is -2.31. The van der Waals surface area contributed by atoms with Crippen molar-refractivity contribution in [2.75, 3.05) is 20.6 Å². The maximum absolute atomic E-state index is 12.2. The molecule has 0 aromatic rings. The first kappa shape index (κ1) is 30.1. The lowest BCUT2D eigenvalue weighted by atomic mass is 10.1. The number of ether oxygens (including phenoxy) is 1. The highest BCUT2D eigenvalue weighted by Crippen LogP contribution is 2.11. The molecule has 0 bridgehead atoms. The van der Waals surface area contributed by atoms with Gasteiger partial charge in [0, 0.05) is 25.8 Å². The smallest absolute Gasteiger partial charge is 0.306 e. The summed E-state index contributed by atoms with van der Waals surface area (Å²) in [5, 5.41) is 0. The molecule has 0 aromatic heterocycles. The van der Waals surface area contributed by atoms with Gasteiger partial charge in [-0.3, -0.25) is 9.59 Å². The van der Waals surface area contributed by atoms with Gasteiger partial charge in [0.2, 0.25) is 0 Å². The highest BCUT2D eigenvalue weighted by Gasteiger charge is 2.17. The van der Waals surface area contributed by atoms with Gasteiger partial charge in [-0.1, -0.05) is 62.5 Å². The van der Waals surface area contributed by atoms with Crippen LogP contribution in [0.5, 0.6) is 0 Å². The van der Waals surface area contributed by atoms with Crippen LogP contribution in [0.2, 0.25) is 0 Å². The van der Waals surface area contributed by atoms with E-state index in [4.69, 9.17) is 4.74 Å². The Labute approximate surface area is 197 Å². The van der Waals surface area contributed by atoms with Crippen molar-refractivity contribution in [2.24, 2.45) is 0 Å². The second kappa shape index (κ2) is 22.3. The molecule has 0 N–H and O–H groups in total. The third-order valence-corrected chi connectivity index (χ3v) is 4.87. The van der Waals surface area contributed by atoms with Gasteiger partial charge in [-0.2, -0.15) is 0 Å². The lowest BCUT2D eigenvalue weighted by molar-refractivity contribution is -0.150. The Kier molecular flexibility index (Phi) is 20.9. The Morgan fingerprint density at radius 2 is 1.28 bits per heavy atom. The van der Waals surface area contributed by atoms with Crippen molar-refractivity contribution in [1.82, 2.24) is 4.90 Å². The first-order valence-corrected chi connectivity index (χ1v) is 12.4. The molecule has 0 spiro atoms. The van der Waals surface area contributed by atoms with E-state index in [0.29, 0.717) is 32.2 Å². The predicted octanol–water partition coefficient (Wildman–Crippen LogP) is 6.97. The maximum Gasteiger partial charge on any atom is 0.306 e. The van der Waals surface area contributed by atoms with E-state index in [1.54, 1.807) is 0 Å². The molecule has 0 fully saturated rings. The monoisotopic (exact) mass is 445 g/mol. The Morgan fingerprint density at radius 3 is 1.81 bits per heavy atom. The van der Waals surface area contributed by atoms with Crippen molar-refractivity contribution in [3.8, 4) is 0 Å². The van der Waals surface area contributed by atoms with Gasteiger partial charge in [0.15, 0.2) is 0 Å². The van der Waals surface area contributed by atoms with E-state index in [1.807, 2.05) is 19.0 Å². The molecule has 0 aliphatic heterocycles. The zero-order valence-electron chi connectivity index (χ0n) is 21.1. The summed E-state index contributed by atoms with van der Waals surface area (Å²) in [4.78, 5) is 26.5. The summed E-state index contributed by atoms with van der Waals surface area (Å²) in [6, 6.07) is 0. The van der Waals surface area contributed by atoms with Crippen LogP contribution in [0.15, 0.2) is 48.6 Å². The minimum absolute atomic E-state index is 0.161. The van der Waals surface area contributed by atoms with Crippen molar-refractivity contribution in [1.29, 1.82) is 0 Å². The molecule has 32 heavy (non-hydrogen) atoms. The number of nitrogens with zero attached hydrogens (tertiary/aromatic N) is 1. The van der Waals surface area contributed by atoms with Crippen LogP contribution in [-0.2, 0) is 14.3 Å². The van der Waals surface area contributed by atoms with Gasteiger partial charge in [-0.15, -0.1) is 0 Å². The molecule has 0 amide bonds. The number of unbranched alkanes of at least 4 members (excludes halogenated alkanes) is 2. The van der Waals surface area contributed by atoms with E-state index < -0.39 is 0 Å². The Hall–Kier alpha value is -1.94. The number of ketones is 1. The van der Waals surface area contributed by atoms with Crippen molar-refractivity contribution in [3.63, 3.8) is 0 Å². The fourth-order valence-electron chi connectivity index (χ4n) is 3.18. The van der Waals surface area contributed by atoms with Crippen LogP contribution in [-0.4, -0.2) is 43.4 Å². The topological polar surface area (TPSA) is 46.6 Å². The van der Waals surface area contributed by atoms with Gasteiger partial charge >= 0.3 is 5.97 Å². The summed E-state index contributed by atoms with van der Waals surface area (Å²) in [6.07, 6.45) is 26.6. The number of carbonyl (C=O) groups is 2. The molecule has 1 atom stereocenters. The molecule has 0 saturated heterocycles. The van der Waals surface area contributed by atoms with Crippen molar-refractivity contribution in [3.05, 3.63) is 48.6 Å². The van der Waals surface area contributed by atoms with E-state index in [0.717, 1.165) is 51.4 Å².